The number of allylic oxidation sites excluding steroid dienone is 7. The third-order valence-corrected chi connectivity index (χ3v) is 13.1. The Balaban J connectivity index is 1.16. The van der Waals surface area contributed by atoms with Gasteiger partial charge in [0.2, 0.25) is 0 Å². The first-order valence-electron chi connectivity index (χ1n) is 23.0. The molecule has 1 aliphatic rings. The molecule has 1 unspecified atom stereocenters. The Kier molecular flexibility index (Phi) is 10.7. The zero-order valence-electron chi connectivity index (χ0n) is 37.0. The molecule has 0 saturated carbocycles. The van der Waals surface area contributed by atoms with Crippen molar-refractivity contribution in [3.63, 3.8) is 0 Å². The van der Waals surface area contributed by atoms with Crippen LogP contribution in [0.15, 0.2) is 212 Å². The van der Waals surface area contributed by atoms with Gasteiger partial charge >= 0.3 is 0 Å². The molecule has 11 rings (SSSR count). The minimum atomic E-state index is 0.307. The molecule has 3 nitrogen and oxygen atoms in total. The van der Waals surface area contributed by atoms with Gasteiger partial charge in [0.25, 0.3) is 0 Å². The number of aromatic nitrogens is 2. The van der Waals surface area contributed by atoms with Gasteiger partial charge in [-0.3, -0.25) is 0 Å². The summed E-state index contributed by atoms with van der Waals surface area (Å²) < 4.78 is 4.98. The molecule has 0 bridgehead atoms. The van der Waals surface area contributed by atoms with Crippen LogP contribution in [0.25, 0.3) is 83.6 Å². The van der Waals surface area contributed by atoms with Crippen LogP contribution in [0.2, 0.25) is 0 Å². The number of benzene rings is 8. The fourth-order valence-electron chi connectivity index (χ4n) is 9.95. The Labute approximate surface area is 381 Å². The molecule has 0 radical (unpaired) electrons. The minimum absolute atomic E-state index is 0.307. The summed E-state index contributed by atoms with van der Waals surface area (Å²) in [6, 6.07) is 62.8. The van der Waals surface area contributed by atoms with E-state index in [2.05, 4.69) is 253 Å². The van der Waals surface area contributed by atoms with E-state index < -0.39 is 0 Å². The number of rotatable bonds is 11. The van der Waals surface area contributed by atoms with Gasteiger partial charge in [-0.25, -0.2) is 0 Å². The van der Waals surface area contributed by atoms with Crippen LogP contribution in [0, 0.1) is 0 Å². The lowest BCUT2D eigenvalue weighted by atomic mass is 9.97. The molecule has 2 aromatic heterocycles. The summed E-state index contributed by atoms with van der Waals surface area (Å²) in [5.74, 6) is 0.307. The van der Waals surface area contributed by atoms with E-state index in [-0.39, 0.29) is 0 Å². The average Bonchev–Trinajstić information content (AvgIpc) is 3.76. The van der Waals surface area contributed by atoms with Crippen LogP contribution in [0.4, 0.5) is 0 Å². The fourth-order valence-corrected chi connectivity index (χ4v) is 9.95. The number of fused-ring (bicyclic) bond motifs is 10. The molecule has 1 N–H and O–H groups in total. The molecule has 0 spiro atoms. The molecule has 1 aliphatic carbocycles. The van der Waals surface area contributed by atoms with E-state index in [1.165, 1.54) is 82.2 Å². The van der Waals surface area contributed by atoms with Gasteiger partial charge in [-0.05, 0) is 107 Å². The Morgan fingerprint density at radius 1 is 0.585 bits per heavy atom. The van der Waals surface area contributed by atoms with E-state index in [9.17, 15) is 0 Å². The van der Waals surface area contributed by atoms with Gasteiger partial charge in [0, 0.05) is 50.7 Å². The van der Waals surface area contributed by atoms with Crippen molar-refractivity contribution < 1.29 is 0 Å². The van der Waals surface area contributed by atoms with Crippen molar-refractivity contribution >= 4 is 72.2 Å². The third-order valence-electron chi connectivity index (χ3n) is 13.1. The zero-order valence-corrected chi connectivity index (χ0v) is 37.0. The molecule has 2 heterocycles. The maximum absolute atomic E-state index is 3.97. The van der Waals surface area contributed by atoms with Gasteiger partial charge in [-0.1, -0.05) is 189 Å². The predicted octanol–water partition coefficient (Wildman–Crippen LogP) is 16.1. The number of nitrogens with zero attached hydrogens (tertiary/aromatic N) is 2. The van der Waals surface area contributed by atoms with Crippen molar-refractivity contribution in [1.82, 2.24) is 14.5 Å². The Hall–Kier alpha value is -7.88. The summed E-state index contributed by atoms with van der Waals surface area (Å²) in [6.07, 6.45) is 21.8. The molecule has 0 aliphatic heterocycles. The molecule has 10 aromatic rings. The fraction of sp³-hybridized carbons (Fsp3) is 0.0968. The minimum Gasteiger partial charge on any atom is -0.381 e. The highest BCUT2D eigenvalue weighted by atomic mass is 15.0. The molecule has 314 valence electrons. The third kappa shape index (κ3) is 7.49. The summed E-state index contributed by atoms with van der Waals surface area (Å²) in [5, 5.41) is 11.5. The first-order valence-corrected chi connectivity index (χ1v) is 23.0. The molecular weight excluding hydrogens is 787 g/mol. The molecule has 1 atom stereocenters. The maximum atomic E-state index is 3.97. The highest BCUT2D eigenvalue weighted by molar-refractivity contribution is 6.21. The van der Waals surface area contributed by atoms with Crippen LogP contribution in [0.1, 0.15) is 59.6 Å². The predicted molar refractivity (Wildman–Crippen MR) is 279 cm³/mol. The lowest BCUT2D eigenvalue weighted by Gasteiger charge is -2.19. The van der Waals surface area contributed by atoms with Crippen LogP contribution in [0.5, 0.6) is 0 Å². The van der Waals surface area contributed by atoms with Crippen LogP contribution < -0.4 is 5.32 Å². The highest BCUT2D eigenvalue weighted by Gasteiger charge is 2.21. The molecule has 0 fully saturated rings. The smallest absolute Gasteiger partial charge is 0.0547 e. The number of hydrogen-bond donors (Lipinski definition) is 1. The molecular formula is C62H51N3. The second-order valence-electron chi connectivity index (χ2n) is 17.2. The van der Waals surface area contributed by atoms with Crippen molar-refractivity contribution in [3.05, 3.63) is 246 Å². The second kappa shape index (κ2) is 17.4. The molecule has 3 heteroatoms. The van der Waals surface area contributed by atoms with E-state index in [1.807, 2.05) is 0 Å². The van der Waals surface area contributed by atoms with Gasteiger partial charge in [-0.15, -0.1) is 0 Å². The van der Waals surface area contributed by atoms with Gasteiger partial charge in [0.15, 0.2) is 0 Å². The van der Waals surface area contributed by atoms with E-state index in [4.69, 9.17) is 0 Å². The van der Waals surface area contributed by atoms with Crippen molar-refractivity contribution in [2.45, 2.75) is 39.2 Å². The van der Waals surface area contributed by atoms with Crippen molar-refractivity contribution in [1.29, 1.82) is 0 Å². The van der Waals surface area contributed by atoms with Gasteiger partial charge in [-0.2, -0.15) is 0 Å². The Morgan fingerprint density at radius 2 is 1.25 bits per heavy atom. The quantitative estimate of drug-likeness (QED) is 0.129. The normalized spacial score (nSPS) is 13.5. The second-order valence-corrected chi connectivity index (χ2v) is 17.2. The highest BCUT2D eigenvalue weighted by Crippen LogP contribution is 2.41. The van der Waals surface area contributed by atoms with Gasteiger partial charge < -0.3 is 14.5 Å². The summed E-state index contributed by atoms with van der Waals surface area (Å²) in [7, 11) is 0. The first-order chi connectivity index (χ1) is 32.1. The van der Waals surface area contributed by atoms with Gasteiger partial charge in [0.1, 0.15) is 0 Å². The SMILES string of the molecule is C/C=C\C=C/C(C)c1cccc(C/C=C(\NCc2ccccc2)c2cc(-n3c4ccccc4c4c5c(ccc43)C=CCC=C5)cc(-n3c4ccccc4c4c5ccccc5ccc43)c2)c1. The van der Waals surface area contributed by atoms with E-state index in [0.717, 1.165) is 35.5 Å². The van der Waals surface area contributed by atoms with Crippen molar-refractivity contribution in [3.8, 4) is 11.4 Å². The van der Waals surface area contributed by atoms with E-state index in [0.29, 0.717) is 12.5 Å². The van der Waals surface area contributed by atoms with E-state index >= 15 is 0 Å². The van der Waals surface area contributed by atoms with E-state index in [1.54, 1.807) is 0 Å². The Bertz CT molecular complexity index is 3570. The van der Waals surface area contributed by atoms with Crippen molar-refractivity contribution in [2.75, 3.05) is 0 Å². The lowest BCUT2D eigenvalue weighted by molar-refractivity contribution is 0.885. The number of para-hydroxylation sites is 2. The summed E-state index contributed by atoms with van der Waals surface area (Å²) in [6.45, 7) is 5.02. The average molecular weight is 838 g/mol. The van der Waals surface area contributed by atoms with Crippen molar-refractivity contribution in [2.24, 2.45) is 0 Å². The van der Waals surface area contributed by atoms with Crippen LogP contribution in [-0.2, 0) is 13.0 Å². The zero-order chi connectivity index (χ0) is 43.7. The monoisotopic (exact) mass is 837 g/mol. The number of hydrogen-bond acceptors (Lipinski definition) is 1. The number of nitrogens with one attached hydrogen (secondary N) is 1. The largest absolute Gasteiger partial charge is 0.381 e. The molecule has 0 saturated heterocycles. The summed E-state index contributed by atoms with van der Waals surface area (Å²) >= 11 is 0. The lowest BCUT2D eigenvalue weighted by Crippen LogP contribution is -2.13. The molecule has 65 heavy (non-hydrogen) atoms. The maximum Gasteiger partial charge on any atom is 0.0547 e. The topological polar surface area (TPSA) is 21.9 Å². The first kappa shape index (κ1) is 39.9. The standard InChI is InChI=1S/C62H51N3/c1-3-4-7-19-43(2)48-25-18-22-44(38-48)32-35-56(63-42-45-20-8-5-9-21-45)49-39-50(64-57-30-16-14-28-54(57)61-52-26-11-6-10-23-46(52)33-36-59(61)64)41-51(40-49)65-58-31-17-15-29-55(58)62-53-27-13-12-24-47(53)34-37-60(62)65/h3-5,7-31,33-41,43,63H,6,32,42H2,1-2H3/b4-3-,19-7-,56-35-. The summed E-state index contributed by atoms with van der Waals surface area (Å²) in [5.41, 5.74) is 15.6. The molecule has 0 amide bonds. The van der Waals surface area contributed by atoms with Crippen LogP contribution in [-0.4, -0.2) is 9.13 Å². The van der Waals surface area contributed by atoms with Crippen LogP contribution >= 0.6 is 0 Å². The Morgan fingerprint density at radius 3 is 2.03 bits per heavy atom. The van der Waals surface area contributed by atoms with Crippen LogP contribution in [0.3, 0.4) is 0 Å². The van der Waals surface area contributed by atoms with Gasteiger partial charge in [0.05, 0.1) is 22.1 Å². The summed E-state index contributed by atoms with van der Waals surface area (Å²) in [4.78, 5) is 0. The molecule has 8 aromatic carbocycles.